The molecule has 2 atom stereocenters. The van der Waals surface area contributed by atoms with Crippen molar-refractivity contribution in [3.8, 4) is 0 Å². The maximum Gasteiger partial charge on any atom is 0.175 e. The van der Waals surface area contributed by atoms with Gasteiger partial charge in [0.25, 0.3) is 0 Å². The van der Waals surface area contributed by atoms with E-state index in [1.54, 1.807) is 0 Å². The summed E-state index contributed by atoms with van der Waals surface area (Å²) in [6.07, 6.45) is 3.56. The Morgan fingerprint density at radius 1 is 0.912 bits per heavy atom. The highest BCUT2D eigenvalue weighted by atomic mass is 16.5. The molecule has 0 N–H and O–H groups in total. The Balaban J connectivity index is 1.52. The van der Waals surface area contributed by atoms with Crippen LogP contribution in [0, 0.1) is 5.41 Å². The van der Waals surface area contributed by atoms with E-state index in [1.807, 2.05) is 0 Å². The van der Waals surface area contributed by atoms with Crippen LogP contribution in [-0.4, -0.2) is 61.5 Å². The van der Waals surface area contributed by atoms with E-state index < -0.39 is 0 Å². The normalized spacial score (nSPS) is 28.8. The Bertz CT molecular complexity index is 1100. The highest BCUT2D eigenvalue weighted by molar-refractivity contribution is 5.88. The highest BCUT2D eigenvalue weighted by Gasteiger charge is 2.70. The van der Waals surface area contributed by atoms with Crippen LogP contribution in [0.1, 0.15) is 44.2 Å². The van der Waals surface area contributed by atoms with Gasteiger partial charge in [-0.1, -0.05) is 67.6 Å². The van der Waals surface area contributed by atoms with Crippen LogP contribution in [0.15, 0.2) is 71.8 Å². The zero-order valence-corrected chi connectivity index (χ0v) is 20.6. The third-order valence-electron chi connectivity index (χ3n) is 8.36. The summed E-state index contributed by atoms with van der Waals surface area (Å²) < 4.78 is 12.9. The molecule has 0 aromatic heterocycles. The maximum absolute atomic E-state index is 6.89. The van der Waals surface area contributed by atoms with Crippen molar-refractivity contribution in [3.05, 3.63) is 82.9 Å². The summed E-state index contributed by atoms with van der Waals surface area (Å²) in [5.74, 6) is 0. The number of rotatable bonds is 7. The van der Waals surface area contributed by atoms with Gasteiger partial charge in [-0.25, -0.2) is 0 Å². The molecule has 178 valence electrons. The smallest absolute Gasteiger partial charge is 0.175 e. The minimum absolute atomic E-state index is 0.107. The van der Waals surface area contributed by atoms with Gasteiger partial charge in [-0.05, 0) is 61.5 Å². The van der Waals surface area contributed by atoms with Gasteiger partial charge in [0.1, 0.15) is 0 Å². The molecule has 0 saturated carbocycles. The topological polar surface area (TPSA) is 24.9 Å². The molecule has 2 unspecified atom stereocenters. The van der Waals surface area contributed by atoms with Crippen LogP contribution >= 0.6 is 0 Å². The van der Waals surface area contributed by atoms with E-state index in [-0.39, 0.29) is 11.1 Å². The molecular formula is C30H36N2O2. The van der Waals surface area contributed by atoms with Crippen molar-refractivity contribution in [1.29, 1.82) is 0 Å². The molecule has 1 aliphatic carbocycles. The molecule has 6 rings (SSSR count). The molecule has 3 aliphatic heterocycles. The minimum Gasteiger partial charge on any atom is -0.377 e. The Hall–Kier alpha value is -2.40. The summed E-state index contributed by atoms with van der Waals surface area (Å²) >= 11 is 0. The fourth-order valence-corrected chi connectivity index (χ4v) is 7.10. The van der Waals surface area contributed by atoms with E-state index >= 15 is 0 Å². The van der Waals surface area contributed by atoms with Crippen LogP contribution in [0.3, 0.4) is 0 Å². The van der Waals surface area contributed by atoms with Gasteiger partial charge in [0.2, 0.25) is 0 Å². The molecule has 0 bridgehead atoms. The summed E-state index contributed by atoms with van der Waals surface area (Å²) in [6.45, 7) is 11.0. The van der Waals surface area contributed by atoms with Crippen molar-refractivity contribution in [2.45, 2.75) is 38.8 Å². The number of ether oxygens (including phenoxy) is 2. The van der Waals surface area contributed by atoms with Crippen molar-refractivity contribution < 1.29 is 9.47 Å². The van der Waals surface area contributed by atoms with Crippen molar-refractivity contribution in [1.82, 2.24) is 9.80 Å². The van der Waals surface area contributed by atoms with Gasteiger partial charge in [0.15, 0.2) is 5.72 Å². The summed E-state index contributed by atoms with van der Waals surface area (Å²) in [4.78, 5) is 5.24. The third-order valence-corrected chi connectivity index (χ3v) is 8.36. The first-order valence-electron chi connectivity index (χ1n) is 13.0. The Morgan fingerprint density at radius 3 is 2.26 bits per heavy atom. The van der Waals surface area contributed by atoms with E-state index in [0.717, 1.165) is 32.7 Å². The molecule has 0 amide bonds. The summed E-state index contributed by atoms with van der Waals surface area (Å²) in [5.41, 5.74) is 7.83. The fourth-order valence-electron chi connectivity index (χ4n) is 7.10. The second-order valence-corrected chi connectivity index (χ2v) is 10.3. The zero-order chi connectivity index (χ0) is 23.2. The molecule has 2 aromatic rings. The van der Waals surface area contributed by atoms with Crippen molar-refractivity contribution in [2.24, 2.45) is 5.41 Å². The minimum atomic E-state index is -0.373. The van der Waals surface area contributed by atoms with E-state index in [4.69, 9.17) is 9.47 Å². The van der Waals surface area contributed by atoms with E-state index in [1.165, 1.54) is 59.5 Å². The molecule has 4 nitrogen and oxygen atoms in total. The molecule has 4 aliphatic rings. The molecule has 0 radical (unpaired) electrons. The summed E-state index contributed by atoms with van der Waals surface area (Å²) in [6, 6.07) is 21.9. The largest absolute Gasteiger partial charge is 0.377 e. The third kappa shape index (κ3) is 3.16. The molecule has 1 spiro atoms. The molecule has 34 heavy (non-hydrogen) atoms. The van der Waals surface area contributed by atoms with Crippen molar-refractivity contribution in [2.75, 3.05) is 46.0 Å². The standard InChI is InChI=1S/C30H36N2O2/c1-3-33-22-25-20-29(2)27(23-12-6-4-7-13-23)26(21-31-16-10-11-17-31)30(29)32(18-19-34-30)28(25)24-14-8-5-9-15-24/h4-9,12-15H,3,10-11,16-22H2,1-2H3. The van der Waals surface area contributed by atoms with E-state index in [0.29, 0.717) is 6.61 Å². The van der Waals surface area contributed by atoms with E-state index in [2.05, 4.69) is 84.3 Å². The fraction of sp³-hybridized carbons (Fsp3) is 0.467. The highest BCUT2D eigenvalue weighted by Crippen LogP contribution is 2.69. The van der Waals surface area contributed by atoms with Gasteiger partial charge in [-0.2, -0.15) is 0 Å². The second-order valence-electron chi connectivity index (χ2n) is 10.3. The molecule has 2 aromatic carbocycles. The predicted octanol–water partition coefficient (Wildman–Crippen LogP) is 5.44. The first kappa shape index (κ1) is 22.1. The Labute approximate surface area is 203 Å². The van der Waals surface area contributed by atoms with Crippen LogP contribution in [0.2, 0.25) is 0 Å². The maximum atomic E-state index is 6.89. The van der Waals surface area contributed by atoms with Crippen molar-refractivity contribution in [3.63, 3.8) is 0 Å². The Kier molecular flexibility index (Phi) is 5.63. The number of likely N-dealkylation sites (tertiary alicyclic amines) is 1. The number of hydrogen-bond acceptors (Lipinski definition) is 4. The van der Waals surface area contributed by atoms with Gasteiger partial charge < -0.3 is 14.4 Å². The van der Waals surface area contributed by atoms with Crippen LogP contribution in [0.25, 0.3) is 11.3 Å². The number of nitrogens with zero attached hydrogens (tertiary/aromatic N) is 2. The quantitative estimate of drug-likeness (QED) is 0.554. The molecular weight excluding hydrogens is 420 g/mol. The average molecular weight is 457 g/mol. The van der Waals surface area contributed by atoms with Crippen LogP contribution in [0.4, 0.5) is 0 Å². The second kappa shape index (κ2) is 8.67. The molecule has 2 saturated heterocycles. The number of hydrogen-bond donors (Lipinski definition) is 0. The monoisotopic (exact) mass is 456 g/mol. The molecule has 3 heterocycles. The average Bonchev–Trinajstić information content (AvgIpc) is 3.55. The first-order chi connectivity index (χ1) is 16.7. The molecule has 2 fully saturated rings. The lowest BCUT2D eigenvalue weighted by Gasteiger charge is -2.65. The van der Waals surface area contributed by atoms with Gasteiger partial charge in [0, 0.05) is 36.4 Å². The van der Waals surface area contributed by atoms with Gasteiger partial charge in [0.05, 0.1) is 13.2 Å². The van der Waals surface area contributed by atoms with Gasteiger partial charge >= 0.3 is 0 Å². The molecule has 4 heteroatoms. The lowest BCUT2D eigenvalue weighted by molar-refractivity contribution is -0.127. The van der Waals surface area contributed by atoms with Crippen LogP contribution in [-0.2, 0) is 9.47 Å². The summed E-state index contributed by atoms with van der Waals surface area (Å²) in [5, 5.41) is 0. The first-order valence-corrected chi connectivity index (χ1v) is 13.0. The van der Waals surface area contributed by atoms with Crippen LogP contribution in [0.5, 0.6) is 0 Å². The van der Waals surface area contributed by atoms with Gasteiger partial charge in [-0.3, -0.25) is 4.90 Å². The summed E-state index contributed by atoms with van der Waals surface area (Å²) in [7, 11) is 0. The number of benzene rings is 2. The van der Waals surface area contributed by atoms with Gasteiger partial charge in [-0.15, -0.1) is 0 Å². The lowest BCUT2D eigenvalue weighted by Crippen LogP contribution is -2.68. The Morgan fingerprint density at radius 2 is 1.59 bits per heavy atom. The predicted molar refractivity (Wildman–Crippen MR) is 137 cm³/mol. The lowest BCUT2D eigenvalue weighted by atomic mass is 9.51. The van der Waals surface area contributed by atoms with E-state index in [9.17, 15) is 0 Å². The van der Waals surface area contributed by atoms with Crippen molar-refractivity contribution >= 4 is 11.3 Å². The zero-order valence-electron chi connectivity index (χ0n) is 20.6. The van der Waals surface area contributed by atoms with Crippen LogP contribution < -0.4 is 0 Å². The SMILES string of the molecule is CCOCC1=C(c2ccccc2)N2CCOC23C(CN2CCCC2)=C(c2ccccc2)C3(C)C1.